The smallest absolute Gasteiger partial charge is 0.429 e. The zero-order valence-electron chi connectivity index (χ0n) is 8.60. The van der Waals surface area contributed by atoms with Crippen LogP contribution in [-0.4, -0.2) is 16.6 Å². The molecule has 0 aliphatic rings. The average molecular weight is 361 g/mol. The van der Waals surface area contributed by atoms with Crippen molar-refractivity contribution in [1.82, 2.24) is 0 Å². The molecule has 1 aromatic rings. The summed E-state index contributed by atoms with van der Waals surface area (Å²) in [5.74, 6) is 0.322. The molecule has 0 saturated heterocycles. The number of halogens is 4. The van der Waals surface area contributed by atoms with Crippen molar-refractivity contribution in [3.63, 3.8) is 0 Å². The molecule has 17 heavy (non-hydrogen) atoms. The van der Waals surface area contributed by atoms with Crippen molar-refractivity contribution < 1.29 is 14.3 Å². The third-order valence-corrected chi connectivity index (χ3v) is 2.25. The predicted octanol–water partition coefficient (Wildman–Crippen LogP) is 4.44. The summed E-state index contributed by atoms with van der Waals surface area (Å²) in [4.78, 5) is 11.2. The van der Waals surface area contributed by atoms with Crippen molar-refractivity contribution >= 4 is 56.9 Å². The molecular weight excluding hydrogens is 354 g/mol. The number of rotatable bonds is 2. The predicted molar refractivity (Wildman–Crippen MR) is 70.0 cm³/mol. The molecule has 0 unspecified atom stereocenters. The maximum atomic E-state index is 11.2. The number of hydrogen-bond acceptors (Lipinski definition) is 3. The summed E-state index contributed by atoms with van der Waals surface area (Å²) >= 11 is 19.5. The molecule has 0 bridgehead atoms. The number of aryl methyl sites for hydroxylation is 1. The van der Waals surface area contributed by atoms with Gasteiger partial charge in [0.25, 0.3) is 0 Å². The van der Waals surface area contributed by atoms with E-state index in [1.165, 1.54) is 0 Å². The highest BCUT2D eigenvalue weighted by molar-refractivity contribution is 9.10. The summed E-state index contributed by atoms with van der Waals surface area (Å²) < 4.78 is 8.51. The van der Waals surface area contributed by atoms with Crippen LogP contribution >= 0.6 is 50.7 Å². The zero-order chi connectivity index (χ0) is 13.1. The van der Waals surface area contributed by atoms with Crippen molar-refractivity contribution in [2.45, 2.75) is 10.7 Å². The van der Waals surface area contributed by atoms with E-state index in [-0.39, 0.29) is 6.61 Å². The number of ether oxygens (including phenoxy) is 2. The Morgan fingerprint density at radius 2 is 2.12 bits per heavy atom. The minimum atomic E-state index is -1.65. The molecule has 0 spiro atoms. The molecule has 0 amide bonds. The van der Waals surface area contributed by atoms with Gasteiger partial charge in [0.05, 0.1) is 0 Å². The first-order valence-corrected chi connectivity index (χ1v) is 6.30. The first-order chi connectivity index (χ1) is 7.76. The van der Waals surface area contributed by atoms with E-state index in [0.717, 1.165) is 5.56 Å². The molecule has 0 aliphatic heterocycles. The normalized spacial score (nSPS) is 11.1. The fourth-order valence-corrected chi connectivity index (χ4v) is 1.67. The molecule has 1 radical (unpaired) electrons. The van der Waals surface area contributed by atoms with Gasteiger partial charge in [0.1, 0.15) is 12.4 Å². The zero-order valence-corrected chi connectivity index (χ0v) is 12.5. The van der Waals surface area contributed by atoms with Crippen LogP contribution in [0.25, 0.3) is 0 Å². The Labute approximate surface area is 122 Å². The molecule has 0 saturated carbocycles. The van der Waals surface area contributed by atoms with Crippen LogP contribution in [0.1, 0.15) is 5.56 Å². The lowest BCUT2D eigenvalue weighted by Crippen LogP contribution is -2.19. The van der Waals surface area contributed by atoms with Gasteiger partial charge in [-0.3, -0.25) is 0 Å². The molecule has 1 rings (SSSR count). The minimum absolute atomic E-state index is 0.322. The van der Waals surface area contributed by atoms with Gasteiger partial charge in [-0.15, -0.1) is 0 Å². The van der Waals surface area contributed by atoms with Gasteiger partial charge in [-0.2, -0.15) is 0 Å². The van der Waals surface area contributed by atoms with Gasteiger partial charge < -0.3 is 9.47 Å². The van der Waals surface area contributed by atoms with Crippen molar-refractivity contribution in [2.75, 3.05) is 6.61 Å². The first-order valence-electron chi connectivity index (χ1n) is 4.37. The molecule has 1 aromatic carbocycles. The lowest BCUT2D eigenvalue weighted by Gasteiger charge is -2.11. The molecule has 0 aliphatic carbocycles. The van der Waals surface area contributed by atoms with Gasteiger partial charge in [-0.05, 0) is 24.6 Å². The summed E-state index contributed by atoms with van der Waals surface area (Å²) in [5.41, 5.74) is 0.809. The molecule has 0 atom stereocenters. The molecule has 3 nitrogen and oxygen atoms in total. The fraction of sp³-hybridized carbons (Fsp3) is 0.300. The Balaban J connectivity index is 2.56. The second kappa shape index (κ2) is 6.14. The highest BCUT2D eigenvalue weighted by Crippen LogP contribution is 2.26. The van der Waals surface area contributed by atoms with Crippen molar-refractivity contribution in [1.29, 1.82) is 0 Å². The highest BCUT2D eigenvalue weighted by atomic mass is 79.9. The van der Waals surface area contributed by atoms with Crippen LogP contribution in [0, 0.1) is 13.0 Å². The van der Waals surface area contributed by atoms with Gasteiger partial charge >= 0.3 is 6.16 Å². The molecule has 0 fully saturated rings. The van der Waals surface area contributed by atoms with E-state index in [9.17, 15) is 4.79 Å². The van der Waals surface area contributed by atoms with Crippen LogP contribution in [0.5, 0.6) is 5.75 Å². The second-order valence-electron chi connectivity index (χ2n) is 3.10. The van der Waals surface area contributed by atoms with Gasteiger partial charge in [-0.1, -0.05) is 50.7 Å². The van der Waals surface area contributed by atoms with E-state index >= 15 is 0 Å². The average Bonchev–Trinajstić information content (AvgIpc) is 2.11. The van der Waals surface area contributed by atoms with Crippen LogP contribution in [-0.2, 0) is 4.74 Å². The molecule has 0 heterocycles. The van der Waals surface area contributed by atoms with Crippen LogP contribution in [0.3, 0.4) is 0 Å². The first kappa shape index (κ1) is 14.9. The van der Waals surface area contributed by atoms with E-state index in [2.05, 4.69) is 26.7 Å². The Bertz CT molecular complexity index is 397. The number of hydrogen-bond donors (Lipinski definition) is 0. The van der Waals surface area contributed by atoms with Gasteiger partial charge in [0.2, 0.25) is 3.79 Å². The second-order valence-corrected chi connectivity index (χ2v) is 6.47. The van der Waals surface area contributed by atoms with Crippen LogP contribution in [0.15, 0.2) is 16.6 Å². The van der Waals surface area contributed by atoms with Crippen LogP contribution in [0.4, 0.5) is 4.79 Å². The van der Waals surface area contributed by atoms with Crippen molar-refractivity contribution in [2.24, 2.45) is 0 Å². The topological polar surface area (TPSA) is 35.5 Å². The Morgan fingerprint density at radius 1 is 1.47 bits per heavy atom. The Morgan fingerprint density at radius 3 is 2.65 bits per heavy atom. The number of benzene rings is 1. The summed E-state index contributed by atoms with van der Waals surface area (Å²) in [6.45, 7) is 1.43. The molecular formula is C10H7BrCl3O3. The molecule has 7 heteroatoms. The Hall–Kier alpha value is -0.160. The maximum Gasteiger partial charge on any atom is 0.513 e. The number of carbonyl (C=O) groups is 1. The lowest BCUT2D eigenvalue weighted by atomic mass is 10.2. The third kappa shape index (κ3) is 6.36. The van der Waals surface area contributed by atoms with E-state index < -0.39 is 9.95 Å². The summed E-state index contributed by atoms with van der Waals surface area (Å²) in [6, 6.07) is 6.16. The van der Waals surface area contributed by atoms with Gasteiger partial charge in [0, 0.05) is 10.5 Å². The highest BCUT2D eigenvalue weighted by Gasteiger charge is 2.22. The van der Waals surface area contributed by atoms with E-state index in [1.807, 2.05) is 6.92 Å². The summed E-state index contributed by atoms with van der Waals surface area (Å²) in [5, 5.41) is 0. The minimum Gasteiger partial charge on any atom is -0.429 e. The van der Waals surface area contributed by atoms with Crippen LogP contribution < -0.4 is 4.74 Å². The Kier molecular flexibility index (Phi) is 5.38. The van der Waals surface area contributed by atoms with Gasteiger partial charge in [-0.25, -0.2) is 4.79 Å². The SMILES string of the molecule is Cc1[c]c(Br)cc(OC(=O)OCC(Cl)(Cl)Cl)c1. The third-order valence-electron chi connectivity index (χ3n) is 1.50. The summed E-state index contributed by atoms with van der Waals surface area (Å²) in [6.07, 6.45) is -0.936. The van der Waals surface area contributed by atoms with Crippen molar-refractivity contribution in [3.8, 4) is 5.75 Å². The van der Waals surface area contributed by atoms with E-state index in [1.54, 1.807) is 12.1 Å². The maximum absolute atomic E-state index is 11.2. The molecule has 0 N–H and O–H groups in total. The molecule has 0 aromatic heterocycles. The fourth-order valence-electron chi connectivity index (χ4n) is 0.966. The molecule has 93 valence electrons. The van der Waals surface area contributed by atoms with E-state index in [4.69, 9.17) is 39.5 Å². The standard InChI is InChI=1S/C10H7BrCl3O3/c1-6-2-7(11)4-8(3-6)17-9(15)16-5-10(12,13)14/h3-4H,5H2,1H3. The monoisotopic (exact) mass is 359 g/mol. The van der Waals surface area contributed by atoms with E-state index in [0.29, 0.717) is 10.2 Å². The lowest BCUT2D eigenvalue weighted by molar-refractivity contribution is 0.101. The quantitative estimate of drug-likeness (QED) is 0.444. The number of alkyl halides is 3. The van der Waals surface area contributed by atoms with Gasteiger partial charge in [0.15, 0.2) is 0 Å². The summed E-state index contributed by atoms with van der Waals surface area (Å²) in [7, 11) is 0. The number of carbonyl (C=O) groups excluding carboxylic acids is 1. The largest absolute Gasteiger partial charge is 0.513 e. The van der Waals surface area contributed by atoms with Crippen molar-refractivity contribution in [3.05, 3.63) is 28.2 Å². The van der Waals surface area contributed by atoms with Crippen LogP contribution in [0.2, 0.25) is 0 Å².